The molecule has 2 N–H and O–H groups in total. The van der Waals surface area contributed by atoms with Crippen molar-refractivity contribution in [2.45, 2.75) is 24.4 Å². The molecule has 1 aliphatic carbocycles. The standard InChI is InChI=1S/C14H16FNO4/c1-20-11(12(17)18)8-16-13(19)14(6-7-14)9-4-2-3-5-10(9)15/h2-5,11H,6-8H2,1H3,(H,16,19)(H,17,18). The number of rotatable bonds is 6. The van der Waals surface area contributed by atoms with Crippen LogP contribution in [0.1, 0.15) is 18.4 Å². The third-order valence-corrected chi connectivity index (χ3v) is 3.58. The number of carbonyl (C=O) groups is 2. The molecule has 108 valence electrons. The summed E-state index contributed by atoms with van der Waals surface area (Å²) in [5.41, 5.74) is -0.496. The fraction of sp³-hybridized carbons (Fsp3) is 0.429. The molecule has 0 aliphatic heterocycles. The van der Waals surface area contributed by atoms with Gasteiger partial charge in [0.25, 0.3) is 0 Å². The van der Waals surface area contributed by atoms with E-state index in [1.165, 1.54) is 13.2 Å². The Morgan fingerprint density at radius 1 is 1.45 bits per heavy atom. The molecule has 1 atom stereocenters. The molecule has 1 saturated carbocycles. The van der Waals surface area contributed by atoms with Crippen LogP contribution in [-0.4, -0.2) is 36.7 Å². The van der Waals surface area contributed by atoms with E-state index in [1.807, 2.05) is 0 Å². The fourth-order valence-electron chi connectivity index (χ4n) is 2.22. The first-order chi connectivity index (χ1) is 9.51. The van der Waals surface area contributed by atoms with Crippen molar-refractivity contribution in [1.82, 2.24) is 5.32 Å². The van der Waals surface area contributed by atoms with Crippen molar-refractivity contribution < 1.29 is 23.8 Å². The van der Waals surface area contributed by atoms with E-state index < -0.39 is 23.3 Å². The van der Waals surface area contributed by atoms with Gasteiger partial charge in [0.2, 0.25) is 5.91 Å². The molecular formula is C14H16FNO4. The number of ether oxygens (including phenoxy) is 1. The second-order valence-electron chi connectivity index (χ2n) is 4.83. The zero-order valence-electron chi connectivity index (χ0n) is 11.1. The van der Waals surface area contributed by atoms with E-state index in [4.69, 9.17) is 9.84 Å². The normalized spacial score (nSPS) is 17.3. The lowest BCUT2D eigenvalue weighted by molar-refractivity contribution is -0.148. The highest BCUT2D eigenvalue weighted by molar-refractivity contribution is 5.91. The highest BCUT2D eigenvalue weighted by atomic mass is 19.1. The largest absolute Gasteiger partial charge is 0.479 e. The van der Waals surface area contributed by atoms with Gasteiger partial charge in [0.1, 0.15) is 5.82 Å². The molecule has 1 aliphatic rings. The van der Waals surface area contributed by atoms with Crippen LogP contribution in [-0.2, 0) is 19.7 Å². The summed E-state index contributed by atoms with van der Waals surface area (Å²) in [4.78, 5) is 23.0. The van der Waals surface area contributed by atoms with Gasteiger partial charge < -0.3 is 15.2 Å². The topological polar surface area (TPSA) is 75.6 Å². The smallest absolute Gasteiger partial charge is 0.334 e. The quantitative estimate of drug-likeness (QED) is 0.818. The van der Waals surface area contributed by atoms with Gasteiger partial charge in [-0.15, -0.1) is 0 Å². The van der Waals surface area contributed by atoms with Crippen LogP contribution < -0.4 is 5.32 Å². The molecule has 0 saturated heterocycles. The molecule has 0 heterocycles. The predicted molar refractivity (Wildman–Crippen MR) is 68.8 cm³/mol. The number of carboxylic acids is 1. The number of carbonyl (C=O) groups excluding carboxylic acids is 1. The van der Waals surface area contributed by atoms with E-state index in [-0.39, 0.29) is 12.5 Å². The maximum atomic E-state index is 13.8. The molecule has 0 radical (unpaired) electrons. The first-order valence-electron chi connectivity index (χ1n) is 6.30. The Bertz CT molecular complexity index is 528. The van der Waals surface area contributed by atoms with Crippen molar-refractivity contribution in [2.24, 2.45) is 0 Å². The summed E-state index contributed by atoms with van der Waals surface area (Å²) in [7, 11) is 1.26. The van der Waals surface area contributed by atoms with Crippen LogP contribution in [0.25, 0.3) is 0 Å². The molecule has 1 amide bonds. The predicted octanol–water partition coefficient (Wildman–Crippen LogP) is 1.07. The molecule has 0 bridgehead atoms. The summed E-state index contributed by atoms with van der Waals surface area (Å²) < 4.78 is 18.5. The summed E-state index contributed by atoms with van der Waals surface area (Å²) in [6.45, 7) is -0.138. The van der Waals surface area contributed by atoms with Gasteiger partial charge in [-0.05, 0) is 18.9 Å². The van der Waals surface area contributed by atoms with Crippen molar-refractivity contribution in [2.75, 3.05) is 13.7 Å². The number of benzene rings is 1. The summed E-state index contributed by atoms with van der Waals surface area (Å²) in [5, 5.41) is 11.4. The average molecular weight is 281 g/mol. The fourth-order valence-corrected chi connectivity index (χ4v) is 2.22. The lowest BCUT2D eigenvalue weighted by Crippen LogP contribution is -2.42. The first-order valence-corrected chi connectivity index (χ1v) is 6.30. The molecule has 1 aromatic rings. The first kappa shape index (κ1) is 14.5. The van der Waals surface area contributed by atoms with Crippen LogP contribution in [0.4, 0.5) is 4.39 Å². The number of carboxylic acid groups (broad SMARTS) is 1. The van der Waals surface area contributed by atoms with Crippen LogP contribution in [0.2, 0.25) is 0 Å². The van der Waals surface area contributed by atoms with E-state index in [2.05, 4.69) is 5.32 Å². The van der Waals surface area contributed by atoms with Crippen LogP contribution in [0.5, 0.6) is 0 Å². The lowest BCUT2D eigenvalue weighted by Gasteiger charge is -2.18. The molecule has 0 spiro atoms. The second kappa shape index (κ2) is 5.58. The number of hydrogen-bond acceptors (Lipinski definition) is 3. The van der Waals surface area contributed by atoms with Crippen LogP contribution in [0.15, 0.2) is 24.3 Å². The van der Waals surface area contributed by atoms with Gasteiger partial charge in [0.05, 0.1) is 12.0 Å². The number of hydrogen-bond donors (Lipinski definition) is 2. The number of aliphatic carboxylic acids is 1. The molecule has 2 rings (SSSR count). The Morgan fingerprint density at radius 2 is 2.10 bits per heavy atom. The van der Waals surface area contributed by atoms with Gasteiger partial charge in [-0.25, -0.2) is 9.18 Å². The third-order valence-electron chi connectivity index (χ3n) is 3.58. The van der Waals surface area contributed by atoms with Gasteiger partial charge in [-0.3, -0.25) is 4.79 Å². The van der Waals surface area contributed by atoms with Gasteiger partial charge in [-0.1, -0.05) is 18.2 Å². The Kier molecular flexibility index (Phi) is 4.04. The number of nitrogens with one attached hydrogen (secondary N) is 1. The van der Waals surface area contributed by atoms with E-state index in [1.54, 1.807) is 18.2 Å². The third kappa shape index (κ3) is 2.65. The van der Waals surface area contributed by atoms with Gasteiger partial charge in [0, 0.05) is 12.7 Å². The Hall–Kier alpha value is -1.95. The van der Waals surface area contributed by atoms with Gasteiger partial charge >= 0.3 is 5.97 Å². The molecule has 1 fully saturated rings. The molecule has 5 nitrogen and oxygen atoms in total. The minimum atomic E-state index is -1.15. The molecule has 0 aromatic heterocycles. The molecular weight excluding hydrogens is 265 g/mol. The molecule has 1 unspecified atom stereocenters. The highest BCUT2D eigenvalue weighted by Crippen LogP contribution is 2.49. The molecule has 20 heavy (non-hydrogen) atoms. The summed E-state index contributed by atoms with van der Waals surface area (Å²) in [6.07, 6.45) is 0.0185. The zero-order chi connectivity index (χ0) is 14.8. The van der Waals surface area contributed by atoms with Crippen LogP contribution in [0, 0.1) is 5.82 Å². The van der Waals surface area contributed by atoms with Crippen molar-refractivity contribution in [1.29, 1.82) is 0 Å². The summed E-state index contributed by atoms with van der Waals surface area (Å²) in [5.74, 6) is -1.92. The highest BCUT2D eigenvalue weighted by Gasteiger charge is 2.52. The van der Waals surface area contributed by atoms with E-state index in [9.17, 15) is 14.0 Å². The Balaban J connectivity index is 2.06. The summed E-state index contributed by atoms with van der Waals surface area (Å²) >= 11 is 0. The van der Waals surface area contributed by atoms with E-state index in [0.717, 1.165) is 0 Å². The van der Waals surface area contributed by atoms with Crippen molar-refractivity contribution >= 4 is 11.9 Å². The number of methoxy groups -OCH3 is 1. The minimum absolute atomic E-state index is 0.138. The average Bonchev–Trinajstić information content (AvgIpc) is 3.21. The maximum Gasteiger partial charge on any atom is 0.334 e. The lowest BCUT2D eigenvalue weighted by atomic mass is 9.94. The Labute approximate surface area is 115 Å². The van der Waals surface area contributed by atoms with Crippen LogP contribution >= 0.6 is 0 Å². The Morgan fingerprint density at radius 3 is 2.60 bits per heavy atom. The van der Waals surface area contributed by atoms with Crippen molar-refractivity contribution in [3.8, 4) is 0 Å². The maximum absolute atomic E-state index is 13.8. The zero-order valence-corrected chi connectivity index (χ0v) is 11.1. The van der Waals surface area contributed by atoms with E-state index >= 15 is 0 Å². The van der Waals surface area contributed by atoms with Gasteiger partial charge in [0.15, 0.2) is 6.10 Å². The van der Waals surface area contributed by atoms with E-state index in [0.29, 0.717) is 18.4 Å². The van der Waals surface area contributed by atoms with Gasteiger partial charge in [-0.2, -0.15) is 0 Å². The minimum Gasteiger partial charge on any atom is -0.479 e. The monoisotopic (exact) mass is 281 g/mol. The number of halogens is 1. The second-order valence-corrected chi connectivity index (χ2v) is 4.83. The molecule has 1 aromatic carbocycles. The summed E-state index contributed by atoms with van der Waals surface area (Å²) in [6, 6.07) is 6.16. The van der Waals surface area contributed by atoms with Crippen molar-refractivity contribution in [3.63, 3.8) is 0 Å². The SMILES string of the molecule is COC(CNC(=O)C1(c2ccccc2F)CC1)C(=O)O. The van der Waals surface area contributed by atoms with Crippen LogP contribution in [0.3, 0.4) is 0 Å². The molecule has 6 heteroatoms. The number of amides is 1. The van der Waals surface area contributed by atoms with Crippen molar-refractivity contribution in [3.05, 3.63) is 35.6 Å².